The van der Waals surface area contributed by atoms with Crippen LogP contribution >= 0.6 is 23.5 Å². The summed E-state index contributed by atoms with van der Waals surface area (Å²) in [5, 5.41) is 29.1. The number of hydrogen-bond acceptors (Lipinski definition) is 10. The number of nitrogens with one attached hydrogen (secondary N) is 2. The van der Waals surface area contributed by atoms with Gasteiger partial charge in [0.05, 0.1) is 4.24 Å². The zero-order valence-electron chi connectivity index (χ0n) is 9.06. The molecule has 0 saturated carbocycles. The molecular weight excluding hydrogens is 294 g/mol. The molecule has 0 atom stereocenters. The maximum absolute atomic E-state index is 10.9. The number of carbonyl (C=O) groups is 1. The molecule has 0 aliphatic heterocycles. The van der Waals surface area contributed by atoms with Gasteiger partial charge in [-0.15, -0.1) is 10.2 Å². The number of thioether (sulfide) groups is 2. The van der Waals surface area contributed by atoms with E-state index in [2.05, 4.69) is 20.4 Å². The predicted octanol–water partition coefficient (Wildman–Crippen LogP) is 0.794. The molecule has 0 heterocycles. The minimum atomic E-state index is -1.51. The van der Waals surface area contributed by atoms with Crippen molar-refractivity contribution in [3.05, 3.63) is 9.81 Å². The predicted molar refractivity (Wildman–Crippen MR) is 69.0 cm³/mol. The van der Waals surface area contributed by atoms with Gasteiger partial charge in [-0.05, 0) is 23.5 Å². The van der Waals surface area contributed by atoms with Crippen molar-refractivity contribution in [2.75, 3.05) is 0 Å². The first-order valence-electron chi connectivity index (χ1n) is 4.08. The number of amidine groups is 2. The highest BCUT2D eigenvalue weighted by Gasteiger charge is 2.20. The van der Waals surface area contributed by atoms with E-state index in [4.69, 9.17) is 33.1 Å². The lowest BCUT2D eigenvalue weighted by Gasteiger charge is -2.04. The molecule has 19 heavy (non-hydrogen) atoms. The van der Waals surface area contributed by atoms with Crippen LogP contribution in [0.5, 0.6) is 0 Å². The lowest BCUT2D eigenvalue weighted by Crippen LogP contribution is -2.04. The average Bonchev–Trinajstić information content (AvgIpc) is 2.41. The number of nitrogens with zero attached hydrogens (tertiary/aromatic N) is 5. The molecule has 0 bridgehead atoms. The third-order valence-corrected chi connectivity index (χ3v) is 3.35. The van der Waals surface area contributed by atoms with Gasteiger partial charge < -0.3 is 16.8 Å². The fraction of sp³-hybridized carbons (Fsp3) is 0. The molecule has 0 aromatic carbocycles. The molecule has 0 amide bonds. The van der Waals surface area contributed by atoms with E-state index in [1.54, 1.807) is 0 Å². The van der Waals surface area contributed by atoms with Gasteiger partial charge in [0.1, 0.15) is 6.07 Å². The number of aliphatic carboxylic acids is 1. The van der Waals surface area contributed by atoms with Crippen LogP contribution in [0.2, 0.25) is 0 Å². The van der Waals surface area contributed by atoms with Crippen LogP contribution in [-0.4, -0.2) is 21.4 Å². The summed E-state index contributed by atoms with van der Waals surface area (Å²) in [4.78, 5) is 10.9. The third kappa shape index (κ3) is 5.14. The van der Waals surface area contributed by atoms with Gasteiger partial charge in [-0.2, -0.15) is 15.5 Å². The summed E-state index contributed by atoms with van der Waals surface area (Å²) in [7, 11) is 0. The first-order chi connectivity index (χ1) is 9.03. The lowest BCUT2D eigenvalue weighted by molar-refractivity contribution is -0.132. The molecule has 0 spiro atoms. The summed E-state index contributed by atoms with van der Waals surface area (Å²) >= 11 is 1.08. The molecule has 0 aromatic heterocycles. The van der Waals surface area contributed by atoms with Crippen LogP contribution in [0.4, 0.5) is 0 Å². The van der Waals surface area contributed by atoms with Crippen LogP contribution < -0.4 is 11.7 Å². The van der Waals surface area contributed by atoms with Gasteiger partial charge in [0.15, 0.2) is 5.57 Å². The molecule has 0 aromatic rings. The monoisotopic (exact) mass is 301 g/mol. The molecule has 100 valence electrons. The number of carboxylic acid groups (broad SMARTS) is 1. The van der Waals surface area contributed by atoms with Crippen molar-refractivity contribution in [2.45, 2.75) is 0 Å². The summed E-state index contributed by atoms with van der Waals surface area (Å²) in [6.07, 6.45) is 0. The number of carboxylic acids is 1. The quantitative estimate of drug-likeness (QED) is 0.0960. The minimum Gasteiger partial charge on any atom is -0.477 e. The Morgan fingerprint density at radius 3 is 1.79 bits per heavy atom. The van der Waals surface area contributed by atoms with Crippen LogP contribution in [-0.2, 0) is 4.79 Å². The van der Waals surface area contributed by atoms with Crippen molar-refractivity contribution >= 4 is 39.8 Å². The average molecular weight is 301 g/mol. The molecule has 0 aliphatic carbocycles. The van der Waals surface area contributed by atoms with Gasteiger partial charge in [-0.3, -0.25) is 0 Å². The standard InChI is InChI=1S/C6H7N9O2S2/c7-1-2(3(16)17)4(18-5(12-8)13-9)19-6(14-10)15-11/h8,10H,9,11H2,(H,16,17). The molecule has 0 fully saturated rings. The summed E-state index contributed by atoms with van der Waals surface area (Å²) < 4.78 is -0.171. The van der Waals surface area contributed by atoms with Crippen LogP contribution in [0.25, 0.3) is 0 Å². The van der Waals surface area contributed by atoms with E-state index in [9.17, 15) is 4.79 Å². The molecule has 0 radical (unpaired) electrons. The Balaban J connectivity index is 5.63. The Morgan fingerprint density at radius 1 is 1.16 bits per heavy atom. The van der Waals surface area contributed by atoms with Crippen molar-refractivity contribution in [1.29, 1.82) is 16.3 Å². The molecule has 7 N–H and O–H groups in total. The molecule has 0 aliphatic rings. The molecule has 0 rings (SSSR count). The topological polar surface area (TPSA) is 210 Å². The number of hydrazone groups is 2. The summed E-state index contributed by atoms with van der Waals surface area (Å²) in [5.41, 5.74) is 12.8. The Kier molecular flexibility index (Phi) is 7.49. The van der Waals surface area contributed by atoms with Crippen molar-refractivity contribution in [3.8, 4) is 6.07 Å². The van der Waals surface area contributed by atoms with Crippen molar-refractivity contribution in [2.24, 2.45) is 32.1 Å². The molecule has 0 saturated heterocycles. The Morgan fingerprint density at radius 2 is 1.58 bits per heavy atom. The fourth-order valence-corrected chi connectivity index (χ4v) is 2.24. The van der Waals surface area contributed by atoms with E-state index in [1.165, 1.54) is 6.07 Å². The van der Waals surface area contributed by atoms with Gasteiger partial charge in [0, 0.05) is 0 Å². The second-order valence-electron chi connectivity index (χ2n) is 2.33. The Labute approximate surface area is 114 Å². The number of hydrogen-bond donors (Lipinski definition) is 5. The SMILES string of the molecule is N#CC(C(=O)O)=C(SC(N=N)=NN)SC(N=N)=NN. The zero-order valence-corrected chi connectivity index (χ0v) is 10.7. The highest BCUT2D eigenvalue weighted by atomic mass is 32.2. The highest BCUT2D eigenvalue weighted by Crippen LogP contribution is 2.34. The fourth-order valence-electron chi connectivity index (χ4n) is 0.626. The van der Waals surface area contributed by atoms with E-state index < -0.39 is 11.5 Å². The number of nitrogens with two attached hydrogens (primary N) is 2. The third-order valence-electron chi connectivity index (χ3n) is 1.31. The van der Waals surface area contributed by atoms with Gasteiger partial charge >= 0.3 is 5.97 Å². The van der Waals surface area contributed by atoms with Gasteiger partial charge in [0.2, 0.25) is 10.3 Å². The van der Waals surface area contributed by atoms with Gasteiger partial charge in [-0.25, -0.2) is 15.9 Å². The largest absolute Gasteiger partial charge is 0.477 e. The van der Waals surface area contributed by atoms with E-state index in [-0.39, 0.29) is 14.6 Å². The number of nitriles is 1. The first-order valence-corrected chi connectivity index (χ1v) is 5.71. The maximum Gasteiger partial charge on any atom is 0.348 e. The molecule has 0 unspecified atom stereocenters. The van der Waals surface area contributed by atoms with E-state index in [1.807, 2.05) is 0 Å². The zero-order chi connectivity index (χ0) is 14.8. The van der Waals surface area contributed by atoms with Crippen LogP contribution in [0.3, 0.4) is 0 Å². The summed E-state index contributed by atoms with van der Waals surface area (Å²) in [6.45, 7) is 0. The lowest BCUT2D eigenvalue weighted by atomic mass is 10.3. The second kappa shape index (κ2) is 8.60. The number of rotatable bonds is 3. The van der Waals surface area contributed by atoms with E-state index >= 15 is 0 Å². The Bertz CT molecular complexity index is 489. The van der Waals surface area contributed by atoms with Crippen molar-refractivity contribution in [3.63, 3.8) is 0 Å². The maximum atomic E-state index is 10.9. The highest BCUT2D eigenvalue weighted by molar-refractivity contribution is 8.34. The minimum absolute atomic E-state index is 0.171. The van der Waals surface area contributed by atoms with Crippen LogP contribution in [0.15, 0.2) is 30.2 Å². The smallest absolute Gasteiger partial charge is 0.348 e. The molecular formula is C6H7N9O2S2. The van der Waals surface area contributed by atoms with Gasteiger partial charge in [0.25, 0.3) is 0 Å². The van der Waals surface area contributed by atoms with Gasteiger partial charge in [-0.1, -0.05) is 0 Å². The van der Waals surface area contributed by atoms with Crippen LogP contribution in [0.1, 0.15) is 0 Å². The normalized spacial score (nSPS) is 11.3. The molecule has 13 heteroatoms. The second-order valence-corrected chi connectivity index (χ2v) is 4.54. The van der Waals surface area contributed by atoms with Crippen molar-refractivity contribution < 1.29 is 9.90 Å². The summed E-state index contributed by atoms with van der Waals surface area (Å²) in [5.74, 6) is 8.33. The van der Waals surface area contributed by atoms with E-state index in [0.29, 0.717) is 23.5 Å². The molecule has 11 nitrogen and oxygen atoms in total. The Hall–Kier alpha value is -2.46. The summed E-state index contributed by atoms with van der Waals surface area (Å²) in [6, 6.07) is 1.45. The van der Waals surface area contributed by atoms with Crippen molar-refractivity contribution in [1.82, 2.24) is 0 Å². The van der Waals surface area contributed by atoms with E-state index in [0.717, 1.165) is 0 Å². The van der Waals surface area contributed by atoms with Crippen LogP contribution in [0, 0.1) is 22.4 Å². The first kappa shape index (κ1) is 16.5.